The molecule has 11 heteroatoms. The number of nitro groups is 1. The van der Waals surface area contributed by atoms with E-state index in [1.165, 1.54) is 11.0 Å². The lowest BCUT2D eigenvalue weighted by molar-refractivity contribution is -0.384. The Bertz CT molecular complexity index is 1010. The molecule has 0 bridgehead atoms. The number of carbonyl (C=O) groups is 2. The fraction of sp³-hybridized carbons (Fsp3) is 0.333. The molecule has 9 nitrogen and oxygen atoms in total. The Morgan fingerprint density at radius 1 is 1.12 bits per heavy atom. The van der Waals surface area contributed by atoms with Gasteiger partial charge in [0, 0.05) is 44.3 Å². The number of hydrogen-bond acceptors (Lipinski definition) is 6. The molecule has 0 saturated carbocycles. The number of carbonyl (C=O) groups excluding carboxylic acids is 2. The summed E-state index contributed by atoms with van der Waals surface area (Å²) in [5.74, 6) is -0.529. The number of halogens is 2. The normalized spacial score (nSPS) is 14.2. The van der Waals surface area contributed by atoms with E-state index in [9.17, 15) is 19.7 Å². The zero-order valence-electron chi connectivity index (χ0n) is 17.5. The van der Waals surface area contributed by atoms with Crippen molar-refractivity contribution in [2.24, 2.45) is 0 Å². The summed E-state index contributed by atoms with van der Waals surface area (Å²) < 4.78 is 0. The minimum atomic E-state index is -0.445. The first-order valence-corrected chi connectivity index (χ1v) is 10.7. The van der Waals surface area contributed by atoms with Crippen LogP contribution >= 0.6 is 23.2 Å². The van der Waals surface area contributed by atoms with E-state index >= 15 is 0 Å². The van der Waals surface area contributed by atoms with Crippen molar-refractivity contribution in [3.63, 3.8) is 0 Å². The van der Waals surface area contributed by atoms with E-state index in [0.717, 1.165) is 0 Å². The largest absolute Gasteiger partial charge is 0.363 e. The minimum Gasteiger partial charge on any atom is -0.363 e. The minimum absolute atomic E-state index is 0.0358. The number of nitro benzene ring substituents is 1. The number of likely N-dealkylation sites (N-methyl/N-ethyl adjacent to an activating group) is 1. The number of hydrogen-bond donors (Lipinski definition) is 1. The number of rotatable bonds is 7. The summed E-state index contributed by atoms with van der Waals surface area (Å²) in [4.78, 5) is 40.9. The van der Waals surface area contributed by atoms with E-state index in [1.807, 2.05) is 9.80 Å². The Hall–Kier alpha value is -2.88. The van der Waals surface area contributed by atoms with Gasteiger partial charge in [0.1, 0.15) is 5.69 Å². The number of anilines is 2. The van der Waals surface area contributed by atoms with E-state index in [2.05, 4.69) is 5.32 Å². The van der Waals surface area contributed by atoms with Crippen LogP contribution in [0.1, 0.15) is 0 Å². The molecule has 0 atom stereocenters. The summed E-state index contributed by atoms with van der Waals surface area (Å²) in [6.07, 6.45) is 0. The molecular weight excluding hydrogens is 457 g/mol. The fourth-order valence-corrected chi connectivity index (χ4v) is 3.77. The van der Waals surface area contributed by atoms with Gasteiger partial charge in [-0.1, -0.05) is 35.3 Å². The van der Waals surface area contributed by atoms with E-state index in [1.54, 1.807) is 43.4 Å². The molecule has 0 aliphatic carbocycles. The second-order valence-electron chi connectivity index (χ2n) is 7.43. The zero-order chi connectivity index (χ0) is 23.3. The molecule has 1 N–H and O–H groups in total. The van der Waals surface area contributed by atoms with Gasteiger partial charge in [0.05, 0.1) is 28.7 Å². The first-order valence-electron chi connectivity index (χ1n) is 9.94. The molecule has 2 aromatic carbocycles. The predicted octanol–water partition coefficient (Wildman–Crippen LogP) is 3.12. The lowest BCUT2D eigenvalue weighted by Gasteiger charge is -2.36. The maximum atomic E-state index is 12.6. The number of nitrogens with one attached hydrogen (secondary N) is 1. The van der Waals surface area contributed by atoms with Gasteiger partial charge in [-0.2, -0.15) is 0 Å². The smallest absolute Gasteiger partial charge is 0.294 e. The molecule has 1 saturated heterocycles. The maximum absolute atomic E-state index is 12.6. The first kappa shape index (κ1) is 23.8. The van der Waals surface area contributed by atoms with E-state index in [-0.39, 0.29) is 30.6 Å². The van der Waals surface area contributed by atoms with Crippen LogP contribution in [0.15, 0.2) is 42.5 Å². The molecule has 0 aromatic heterocycles. The van der Waals surface area contributed by atoms with Crippen molar-refractivity contribution < 1.29 is 14.5 Å². The van der Waals surface area contributed by atoms with Crippen molar-refractivity contribution in [1.29, 1.82) is 0 Å². The predicted molar refractivity (Wildman–Crippen MR) is 124 cm³/mol. The highest BCUT2D eigenvalue weighted by Gasteiger charge is 2.25. The van der Waals surface area contributed by atoms with Crippen molar-refractivity contribution in [2.75, 3.05) is 56.5 Å². The molecule has 170 valence electrons. The van der Waals surface area contributed by atoms with Crippen LogP contribution in [0, 0.1) is 10.1 Å². The summed E-state index contributed by atoms with van der Waals surface area (Å²) in [6, 6.07) is 11.5. The second-order valence-corrected chi connectivity index (χ2v) is 8.27. The standard InChI is InChI=1S/C21H23Cl2N5O4/c1-25(13-20(29)24-17-5-3-2-4-16(17)23)21(30)14-26-8-10-27(11-9-26)18-7-6-15(22)12-19(18)28(31)32/h2-7,12H,8-11,13-14H2,1H3,(H,24,29). The van der Waals surface area contributed by atoms with Gasteiger partial charge in [-0.3, -0.25) is 24.6 Å². The molecular formula is C21H23Cl2N5O4. The van der Waals surface area contributed by atoms with Crippen molar-refractivity contribution in [3.05, 3.63) is 62.6 Å². The van der Waals surface area contributed by atoms with Crippen molar-refractivity contribution in [3.8, 4) is 0 Å². The van der Waals surface area contributed by atoms with Crippen LogP contribution in [0.4, 0.5) is 17.1 Å². The van der Waals surface area contributed by atoms with Crippen molar-refractivity contribution >= 4 is 52.1 Å². The summed E-state index contributed by atoms with van der Waals surface area (Å²) >= 11 is 11.9. The van der Waals surface area contributed by atoms with Gasteiger partial charge < -0.3 is 15.1 Å². The lowest BCUT2D eigenvalue weighted by atomic mass is 10.2. The average molecular weight is 480 g/mol. The first-order chi connectivity index (χ1) is 15.2. The summed E-state index contributed by atoms with van der Waals surface area (Å²) in [7, 11) is 1.57. The molecule has 3 rings (SSSR count). The highest BCUT2D eigenvalue weighted by molar-refractivity contribution is 6.33. The van der Waals surface area contributed by atoms with Crippen LogP contribution < -0.4 is 10.2 Å². The number of nitrogens with zero attached hydrogens (tertiary/aromatic N) is 4. The van der Waals surface area contributed by atoms with Gasteiger partial charge in [-0.05, 0) is 24.3 Å². The number of para-hydroxylation sites is 1. The van der Waals surface area contributed by atoms with Gasteiger partial charge in [0.25, 0.3) is 5.69 Å². The van der Waals surface area contributed by atoms with Crippen LogP contribution in [0.25, 0.3) is 0 Å². The molecule has 0 unspecified atom stereocenters. The quantitative estimate of drug-likeness (QED) is 0.483. The molecule has 0 radical (unpaired) electrons. The molecule has 1 aliphatic rings. The third-order valence-corrected chi connectivity index (χ3v) is 5.73. The molecule has 1 aliphatic heterocycles. The Morgan fingerprint density at radius 2 is 1.81 bits per heavy atom. The van der Waals surface area contributed by atoms with Crippen LogP contribution in [-0.4, -0.2) is 72.9 Å². The van der Waals surface area contributed by atoms with Gasteiger partial charge in [-0.25, -0.2) is 0 Å². The van der Waals surface area contributed by atoms with E-state index < -0.39 is 4.92 Å². The molecule has 32 heavy (non-hydrogen) atoms. The second kappa shape index (κ2) is 10.6. The molecule has 2 aromatic rings. The van der Waals surface area contributed by atoms with Crippen LogP contribution in [0.5, 0.6) is 0 Å². The Labute approximate surface area is 195 Å². The fourth-order valence-electron chi connectivity index (χ4n) is 3.43. The SMILES string of the molecule is CN(CC(=O)Nc1ccccc1Cl)C(=O)CN1CCN(c2ccc(Cl)cc2[N+](=O)[O-])CC1. The molecule has 2 amide bonds. The molecule has 1 heterocycles. The number of piperazine rings is 1. The maximum Gasteiger partial charge on any atom is 0.294 e. The van der Waals surface area contributed by atoms with Gasteiger partial charge in [0.15, 0.2) is 0 Å². The summed E-state index contributed by atoms with van der Waals surface area (Å²) in [6.45, 7) is 2.25. The molecule has 0 spiro atoms. The number of benzene rings is 2. The van der Waals surface area contributed by atoms with Crippen molar-refractivity contribution in [2.45, 2.75) is 0 Å². The lowest BCUT2D eigenvalue weighted by Crippen LogP contribution is -2.50. The average Bonchev–Trinajstić information content (AvgIpc) is 2.76. The Morgan fingerprint density at radius 3 is 2.47 bits per heavy atom. The third kappa shape index (κ3) is 6.09. The van der Waals surface area contributed by atoms with Crippen molar-refractivity contribution in [1.82, 2.24) is 9.80 Å². The van der Waals surface area contributed by atoms with E-state index in [0.29, 0.717) is 47.6 Å². The van der Waals surface area contributed by atoms with Gasteiger partial charge >= 0.3 is 0 Å². The Kier molecular flexibility index (Phi) is 7.89. The highest BCUT2D eigenvalue weighted by atomic mass is 35.5. The van der Waals surface area contributed by atoms with Crippen LogP contribution in [-0.2, 0) is 9.59 Å². The topological polar surface area (TPSA) is 99.0 Å². The number of amides is 2. The van der Waals surface area contributed by atoms with Gasteiger partial charge in [0.2, 0.25) is 11.8 Å². The summed E-state index contributed by atoms with van der Waals surface area (Å²) in [5.41, 5.74) is 0.970. The highest BCUT2D eigenvalue weighted by Crippen LogP contribution is 2.31. The monoisotopic (exact) mass is 479 g/mol. The van der Waals surface area contributed by atoms with E-state index in [4.69, 9.17) is 23.2 Å². The Balaban J connectivity index is 1.49. The van der Waals surface area contributed by atoms with Crippen LogP contribution in [0.3, 0.4) is 0 Å². The third-order valence-electron chi connectivity index (χ3n) is 5.16. The van der Waals surface area contributed by atoms with Crippen LogP contribution in [0.2, 0.25) is 10.0 Å². The molecule has 1 fully saturated rings. The zero-order valence-corrected chi connectivity index (χ0v) is 19.0. The van der Waals surface area contributed by atoms with Gasteiger partial charge in [-0.15, -0.1) is 0 Å². The summed E-state index contributed by atoms with van der Waals surface area (Å²) in [5, 5.41) is 14.8.